The lowest BCUT2D eigenvalue weighted by Gasteiger charge is -2.23. The number of hydroxylamine groups is 2. The van der Waals surface area contributed by atoms with Gasteiger partial charge in [-0.25, -0.2) is 0 Å². The molecule has 2 aromatic carbocycles. The number of hydrogen-bond donors (Lipinski definition) is 0. The first-order valence-corrected chi connectivity index (χ1v) is 7.79. The van der Waals surface area contributed by atoms with Crippen LogP contribution in [-0.4, -0.2) is 24.7 Å². The molecule has 1 aliphatic rings. The van der Waals surface area contributed by atoms with Crippen LogP contribution in [0.15, 0.2) is 60.7 Å². The van der Waals surface area contributed by atoms with Crippen LogP contribution in [0.1, 0.15) is 30.2 Å². The van der Waals surface area contributed by atoms with Crippen molar-refractivity contribution in [2.75, 3.05) is 13.7 Å². The van der Waals surface area contributed by atoms with Gasteiger partial charge in [0.15, 0.2) is 0 Å². The fourth-order valence-electron chi connectivity index (χ4n) is 3.21. The Morgan fingerprint density at radius 2 is 1.61 bits per heavy atom. The van der Waals surface area contributed by atoms with Crippen molar-refractivity contribution in [1.82, 2.24) is 5.06 Å². The molecule has 1 heterocycles. The molecular formula is C19H21NO3. The summed E-state index contributed by atoms with van der Waals surface area (Å²) in [5.41, 5.74) is 2.25. The third-order valence-electron chi connectivity index (χ3n) is 4.21. The summed E-state index contributed by atoms with van der Waals surface area (Å²) >= 11 is 0. The number of carbonyl (C=O) groups is 1. The van der Waals surface area contributed by atoms with E-state index in [1.807, 2.05) is 60.6 Å². The predicted octanol–water partition coefficient (Wildman–Crippen LogP) is 3.53. The van der Waals surface area contributed by atoms with Crippen molar-refractivity contribution >= 4 is 5.97 Å². The molecule has 1 fully saturated rings. The SMILES string of the molecule is CC(=O)OCC1C(c2ccccc2)ON(C)C1c1ccccc1. The van der Waals surface area contributed by atoms with Crippen molar-refractivity contribution in [2.45, 2.75) is 19.1 Å². The minimum Gasteiger partial charge on any atom is -0.465 e. The molecule has 2 aromatic rings. The van der Waals surface area contributed by atoms with Gasteiger partial charge in [-0.3, -0.25) is 9.63 Å². The molecule has 0 amide bonds. The van der Waals surface area contributed by atoms with Crippen molar-refractivity contribution in [1.29, 1.82) is 0 Å². The first-order valence-electron chi connectivity index (χ1n) is 7.79. The Hall–Kier alpha value is -2.17. The van der Waals surface area contributed by atoms with Crippen LogP contribution in [0.2, 0.25) is 0 Å². The minimum absolute atomic E-state index is 0.0358. The summed E-state index contributed by atoms with van der Waals surface area (Å²) in [5, 5.41) is 1.88. The second-order valence-electron chi connectivity index (χ2n) is 5.80. The molecule has 4 nitrogen and oxygen atoms in total. The van der Waals surface area contributed by atoms with E-state index in [1.165, 1.54) is 6.92 Å². The highest BCUT2D eigenvalue weighted by molar-refractivity contribution is 5.65. The van der Waals surface area contributed by atoms with Crippen LogP contribution in [0.25, 0.3) is 0 Å². The predicted molar refractivity (Wildman–Crippen MR) is 87.3 cm³/mol. The lowest BCUT2D eigenvalue weighted by Crippen LogP contribution is -2.24. The van der Waals surface area contributed by atoms with Crippen LogP contribution in [0.5, 0.6) is 0 Å². The van der Waals surface area contributed by atoms with Crippen LogP contribution in [0.4, 0.5) is 0 Å². The smallest absolute Gasteiger partial charge is 0.302 e. The average Bonchev–Trinajstić information content (AvgIpc) is 2.91. The van der Waals surface area contributed by atoms with Gasteiger partial charge in [-0.2, -0.15) is 5.06 Å². The molecule has 3 rings (SSSR count). The van der Waals surface area contributed by atoms with Gasteiger partial charge in [0.05, 0.1) is 12.6 Å². The van der Waals surface area contributed by atoms with Crippen molar-refractivity contribution in [2.24, 2.45) is 5.92 Å². The summed E-state index contributed by atoms with van der Waals surface area (Å²) in [7, 11) is 1.93. The first kappa shape index (κ1) is 15.7. The highest BCUT2D eigenvalue weighted by Crippen LogP contribution is 2.45. The normalized spacial score (nSPS) is 24.5. The van der Waals surface area contributed by atoms with E-state index in [9.17, 15) is 4.79 Å². The van der Waals surface area contributed by atoms with Gasteiger partial charge in [0, 0.05) is 19.9 Å². The average molecular weight is 311 g/mol. The van der Waals surface area contributed by atoms with E-state index in [-0.39, 0.29) is 24.0 Å². The van der Waals surface area contributed by atoms with Crippen LogP contribution >= 0.6 is 0 Å². The van der Waals surface area contributed by atoms with E-state index in [0.717, 1.165) is 11.1 Å². The van der Waals surface area contributed by atoms with E-state index in [0.29, 0.717) is 6.61 Å². The van der Waals surface area contributed by atoms with Gasteiger partial charge in [0.1, 0.15) is 6.10 Å². The monoisotopic (exact) mass is 311 g/mol. The zero-order valence-corrected chi connectivity index (χ0v) is 13.4. The quantitative estimate of drug-likeness (QED) is 0.810. The molecule has 0 spiro atoms. The molecule has 3 atom stereocenters. The Bertz CT molecular complexity index is 644. The summed E-state index contributed by atoms with van der Waals surface area (Å²) in [5.74, 6) is -0.230. The molecule has 0 aliphatic carbocycles. The van der Waals surface area contributed by atoms with Gasteiger partial charge < -0.3 is 4.74 Å². The van der Waals surface area contributed by atoms with Gasteiger partial charge in [0.25, 0.3) is 0 Å². The Morgan fingerprint density at radius 3 is 2.17 bits per heavy atom. The first-order chi connectivity index (χ1) is 11.2. The fourth-order valence-corrected chi connectivity index (χ4v) is 3.21. The minimum atomic E-state index is -0.266. The molecule has 0 N–H and O–H groups in total. The third kappa shape index (κ3) is 3.44. The number of carbonyl (C=O) groups excluding carboxylic acids is 1. The topological polar surface area (TPSA) is 38.8 Å². The molecule has 120 valence electrons. The Morgan fingerprint density at radius 1 is 1.04 bits per heavy atom. The molecule has 0 saturated carbocycles. The number of benzene rings is 2. The van der Waals surface area contributed by atoms with E-state index in [4.69, 9.17) is 9.57 Å². The summed E-state index contributed by atoms with van der Waals surface area (Å²) in [6.07, 6.45) is -0.134. The number of rotatable bonds is 4. The molecule has 3 unspecified atom stereocenters. The summed E-state index contributed by atoms with van der Waals surface area (Å²) in [6, 6.07) is 20.3. The van der Waals surface area contributed by atoms with Gasteiger partial charge in [-0.05, 0) is 11.1 Å². The Labute approximate surface area is 136 Å². The van der Waals surface area contributed by atoms with E-state index >= 15 is 0 Å². The van der Waals surface area contributed by atoms with Gasteiger partial charge >= 0.3 is 5.97 Å². The maximum absolute atomic E-state index is 11.3. The maximum atomic E-state index is 11.3. The molecule has 0 aromatic heterocycles. The van der Waals surface area contributed by atoms with E-state index in [2.05, 4.69) is 12.1 Å². The second-order valence-corrected chi connectivity index (χ2v) is 5.80. The standard InChI is InChI=1S/C19H21NO3/c1-14(21)22-13-17-18(15-9-5-3-6-10-15)20(2)23-19(17)16-11-7-4-8-12-16/h3-12,17-19H,13H2,1-2H3. The highest BCUT2D eigenvalue weighted by Gasteiger charge is 2.43. The summed E-state index contributed by atoms with van der Waals surface area (Å²) in [4.78, 5) is 17.4. The molecular weight excluding hydrogens is 290 g/mol. The van der Waals surface area contributed by atoms with Crippen molar-refractivity contribution in [3.8, 4) is 0 Å². The van der Waals surface area contributed by atoms with Crippen LogP contribution in [0, 0.1) is 5.92 Å². The van der Waals surface area contributed by atoms with Gasteiger partial charge in [-0.15, -0.1) is 0 Å². The van der Waals surface area contributed by atoms with Crippen LogP contribution in [0.3, 0.4) is 0 Å². The maximum Gasteiger partial charge on any atom is 0.302 e. The number of nitrogens with zero attached hydrogens (tertiary/aromatic N) is 1. The van der Waals surface area contributed by atoms with Crippen LogP contribution in [-0.2, 0) is 14.4 Å². The second kappa shape index (κ2) is 6.94. The van der Waals surface area contributed by atoms with Crippen molar-refractivity contribution < 1.29 is 14.4 Å². The zero-order valence-electron chi connectivity index (χ0n) is 13.4. The molecule has 1 aliphatic heterocycles. The highest BCUT2D eigenvalue weighted by atomic mass is 16.7. The van der Waals surface area contributed by atoms with Crippen molar-refractivity contribution in [3.63, 3.8) is 0 Å². The molecule has 1 saturated heterocycles. The van der Waals surface area contributed by atoms with E-state index < -0.39 is 0 Å². The van der Waals surface area contributed by atoms with Crippen molar-refractivity contribution in [3.05, 3.63) is 71.8 Å². The Balaban J connectivity index is 1.92. The molecule has 4 heteroatoms. The number of hydrogen-bond acceptors (Lipinski definition) is 4. The zero-order chi connectivity index (χ0) is 16.2. The fraction of sp³-hybridized carbons (Fsp3) is 0.316. The molecule has 23 heavy (non-hydrogen) atoms. The third-order valence-corrected chi connectivity index (χ3v) is 4.21. The summed E-state index contributed by atoms with van der Waals surface area (Å²) < 4.78 is 5.33. The van der Waals surface area contributed by atoms with Gasteiger partial charge in [-0.1, -0.05) is 60.7 Å². The Kier molecular flexibility index (Phi) is 4.74. The number of ether oxygens (including phenoxy) is 1. The molecule has 0 bridgehead atoms. The molecule has 0 radical (unpaired) electrons. The lowest BCUT2D eigenvalue weighted by atomic mass is 9.87. The van der Waals surface area contributed by atoms with E-state index in [1.54, 1.807) is 0 Å². The lowest BCUT2D eigenvalue weighted by molar-refractivity contribution is -0.148. The van der Waals surface area contributed by atoms with Crippen LogP contribution < -0.4 is 0 Å². The van der Waals surface area contributed by atoms with Gasteiger partial charge in [0.2, 0.25) is 0 Å². The largest absolute Gasteiger partial charge is 0.465 e. The summed E-state index contributed by atoms with van der Waals surface area (Å²) in [6.45, 7) is 1.77. The number of esters is 1.